The lowest BCUT2D eigenvalue weighted by molar-refractivity contribution is -0.0122. The van der Waals surface area contributed by atoms with Crippen LogP contribution in [0.25, 0.3) is 10.9 Å². The predicted octanol–water partition coefficient (Wildman–Crippen LogP) is 1.73. The van der Waals surface area contributed by atoms with Crippen LogP contribution < -0.4 is 4.74 Å². The van der Waals surface area contributed by atoms with Crippen molar-refractivity contribution in [3.63, 3.8) is 0 Å². The molecule has 0 fully saturated rings. The van der Waals surface area contributed by atoms with Gasteiger partial charge in [-0.2, -0.15) is 5.10 Å². The summed E-state index contributed by atoms with van der Waals surface area (Å²) in [6.07, 6.45) is 1.25. The summed E-state index contributed by atoms with van der Waals surface area (Å²) in [6, 6.07) is 5.64. The van der Waals surface area contributed by atoms with Crippen LogP contribution in [0.5, 0.6) is 5.75 Å². The molecule has 0 aliphatic heterocycles. The molecule has 0 aliphatic rings. The van der Waals surface area contributed by atoms with Crippen molar-refractivity contribution in [1.82, 2.24) is 10.2 Å². The molecule has 1 heterocycles. The number of benzene rings is 1. The lowest BCUT2D eigenvalue weighted by atomic mass is 10.2. The summed E-state index contributed by atoms with van der Waals surface area (Å²) in [5, 5.41) is 17.5. The first-order valence-corrected chi connectivity index (χ1v) is 6.01. The number of aliphatic hydroxyl groups is 1. The van der Waals surface area contributed by atoms with Crippen molar-refractivity contribution in [3.05, 3.63) is 24.4 Å². The van der Waals surface area contributed by atoms with E-state index in [1.54, 1.807) is 6.20 Å². The highest BCUT2D eigenvalue weighted by molar-refractivity contribution is 5.79. The number of nitrogens with zero attached hydrogens (tertiary/aromatic N) is 1. The van der Waals surface area contributed by atoms with E-state index >= 15 is 0 Å². The van der Waals surface area contributed by atoms with Gasteiger partial charge in [0.1, 0.15) is 18.5 Å². The van der Waals surface area contributed by atoms with Gasteiger partial charge in [0, 0.05) is 11.5 Å². The average molecular weight is 250 g/mol. The topological polar surface area (TPSA) is 67.4 Å². The molecule has 5 heteroatoms. The van der Waals surface area contributed by atoms with E-state index in [4.69, 9.17) is 9.47 Å². The summed E-state index contributed by atoms with van der Waals surface area (Å²) in [4.78, 5) is 0. The molecular formula is C13H18N2O3. The molecule has 1 unspecified atom stereocenters. The highest BCUT2D eigenvalue weighted by atomic mass is 16.5. The molecule has 0 aliphatic carbocycles. The third-order valence-corrected chi connectivity index (χ3v) is 2.48. The van der Waals surface area contributed by atoms with Crippen LogP contribution in [-0.2, 0) is 4.74 Å². The third kappa shape index (κ3) is 3.45. The van der Waals surface area contributed by atoms with Crippen molar-refractivity contribution in [3.8, 4) is 5.75 Å². The Bertz CT molecular complexity index is 496. The van der Waals surface area contributed by atoms with Crippen LogP contribution in [0.3, 0.4) is 0 Å². The monoisotopic (exact) mass is 250 g/mol. The van der Waals surface area contributed by atoms with Crippen LogP contribution in [0, 0.1) is 0 Å². The normalized spacial score (nSPS) is 13.1. The fraction of sp³-hybridized carbons (Fsp3) is 0.462. The number of aromatic nitrogens is 2. The number of hydrogen-bond acceptors (Lipinski definition) is 4. The van der Waals surface area contributed by atoms with Gasteiger partial charge in [-0.1, -0.05) is 0 Å². The summed E-state index contributed by atoms with van der Waals surface area (Å²) in [7, 11) is 0. The predicted molar refractivity (Wildman–Crippen MR) is 68.7 cm³/mol. The van der Waals surface area contributed by atoms with E-state index in [-0.39, 0.29) is 19.3 Å². The minimum absolute atomic E-state index is 0.112. The van der Waals surface area contributed by atoms with Crippen molar-refractivity contribution >= 4 is 10.9 Å². The number of ether oxygens (including phenoxy) is 2. The standard InChI is InChI=1S/C13H18N2O3/c1-9(2)17-7-11(16)8-18-12-4-3-10-6-14-15-13(10)5-12/h3-6,9,11,16H,7-8H2,1-2H3,(H,14,15). The lowest BCUT2D eigenvalue weighted by Gasteiger charge is -2.14. The Morgan fingerprint density at radius 2 is 2.17 bits per heavy atom. The molecule has 0 bridgehead atoms. The van der Waals surface area contributed by atoms with Crippen LogP contribution in [0.4, 0.5) is 0 Å². The van der Waals surface area contributed by atoms with Gasteiger partial charge < -0.3 is 14.6 Å². The quantitative estimate of drug-likeness (QED) is 0.819. The smallest absolute Gasteiger partial charge is 0.121 e. The summed E-state index contributed by atoms with van der Waals surface area (Å²) >= 11 is 0. The van der Waals surface area contributed by atoms with Gasteiger partial charge in [-0.05, 0) is 26.0 Å². The Morgan fingerprint density at radius 1 is 1.33 bits per heavy atom. The van der Waals surface area contributed by atoms with Crippen LogP contribution in [-0.4, -0.2) is 40.7 Å². The molecule has 1 atom stereocenters. The number of rotatable bonds is 6. The van der Waals surface area contributed by atoms with Crippen LogP contribution in [0.1, 0.15) is 13.8 Å². The van der Waals surface area contributed by atoms with Crippen molar-refractivity contribution in [2.24, 2.45) is 0 Å². The minimum Gasteiger partial charge on any atom is -0.491 e. The van der Waals surface area contributed by atoms with Gasteiger partial charge in [0.05, 0.1) is 24.4 Å². The Morgan fingerprint density at radius 3 is 2.94 bits per heavy atom. The zero-order valence-electron chi connectivity index (χ0n) is 10.6. The number of aliphatic hydroxyl groups excluding tert-OH is 1. The Kier molecular flexibility index (Phi) is 4.17. The highest BCUT2D eigenvalue weighted by Crippen LogP contribution is 2.18. The highest BCUT2D eigenvalue weighted by Gasteiger charge is 2.07. The maximum absolute atomic E-state index is 9.66. The molecule has 0 amide bonds. The Balaban J connectivity index is 1.85. The van der Waals surface area contributed by atoms with E-state index < -0.39 is 6.10 Å². The fourth-order valence-corrected chi connectivity index (χ4v) is 1.55. The van der Waals surface area contributed by atoms with Crippen molar-refractivity contribution in [2.75, 3.05) is 13.2 Å². The number of fused-ring (bicyclic) bond motifs is 1. The number of H-pyrrole nitrogens is 1. The van der Waals surface area contributed by atoms with Gasteiger partial charge >= 0.3 is 0 Å². The lowest BCUT2D eigenvalue weighted by Crippen LogP contribution is -2.25. The average Bonchev–Trinajstić information content (AvgIpc) is 2.81. The third-order valence-electron chi connectivity index (χ3n) is 2.48. The first-order valence-electron chi connectivity index (χ1n) is 6.01. The largest absolute Gasteiger partial charge is 0.491 e. The van der Waals surface area contributed by atoms with Crippen LogP contribution in [0.15, 0.2) is 24.4 Å². The summed E-state index contributed by atoms with van der Waals surface area (Å²) in [5.41, 5.74) is 0.917. The van der Waals surface area contributed by atoms with Crippen LogP contribution in [0.2, 0.25) is 0 Å². The molecule has 0 spiro atoms. The molecule has 2 aromatic rings. The van der Waals surface area contributed by atoms with E-state index in [1.165, 1.54) is 0 Å². The minimum atomic E-state index is -0.620. The van der Waals surface area contributed by atoms with E-state index in [2.05, 4.69) is 10.2 Å². The number of hydrogen-bond donors (Lipinski definition) is 2. The maximum Gasteiger partial charge on any atom is 0.121 e. The SMILES string of the molecule is CC(C)OCC(O)COc1ccc2cn[nH]c2c1. The van der Waals surface area contributed by atoms with E-state index in [0.29, 0.717) is 5.75 Å². The Hall–Kier alpha value is -1.59. The van der Waals surface area contributed by atoms with Crippen LogP contribution >= 0.6 is 0 Å². The van der Waals surface area contributed by atoms with Gasteiger partial charge in [-0.3, -0.25) is 5.10 Å². The molecule has 98 valence electrons. The first-order chi connectivity index (χ1) is 8.65. The molecule has 1 aromatic heterocycles. The van der Waals surface area contributed by atoms with Gasteiger partial charge in [-0.25, -0.2) is 0 Å². The summed E-state index contributed by atoms with van der Waals surface area (Å²) in [6.45, 7) is 4.36. The second kappa shape index (κ2) is 5.84. The zero-order chi connectivity index (χ0) is 13.0. The fourth-order valence-electron chi connectivity index (χ4n) is 1.55. The summed E-state index contributed by atoms with van der Waals surface area (Å²) in [5.74, 6) is 0.704. The van der Waals surface area contributed by atoms with E-state index in [0.717, 1.165) is 10.9 Å². The van der Waals surface area contributed by atoms with Gasteiger partial charge in [-0.15, -0.1) is 0 Å². The number of aromatic amines is 1. The molecule has 0 saturated heterocycles. The van der Waals surface area contributed by atoms with E-state index in [9.17, 15) is 5.11 Å². The van der Waals surface area contributed by atoms with E-state index in [1.807, 2.05) is 32.0 Å². The van der Waals surface area contributed by atoms with Gasteiger partial charge in [0.25, 0.3) is 0 Å². The molecule has 18 heavy (non-hydrogen) atoms. The second-order valence-electron chi connectivity index (χ2n) is 4.47. The first kappa shape index (κ1) is 12.9. The molecule has 1 aromatic carbocycles. The van der Waals surface area contributed by atoms with Crippen molar-refractivity contribution in [1.29, 1.82) is 0 Å². The van der Waals surface area contributed by atoms with Gasteiger partial charge in [0.2, 0.25) is 0 Å². The maximum atomic E-state index is 9.66. The summed E-state index contributed by atoms with van der Waals surface area (Å²) < 4.78 is 10.8. The molecule has 2 rings (SSSR count). The zero-order valence-corrected chi connectivity index (χ0v) is 10.6. The van der Waals surface area contributed by atoms with Crippen molar-refractivity contribution in [2.45, 2.75) is 26.1 Å². The molecule has 0 radical (unpaired) electrons. The second-order valence-corrected chi connectivity index (χ2v) is 4.47. The van der Waals surface area contributed by atoms with Crippen molar-refractivity contribution < 1.29 is 14.6 Å². The number of nitrogens with one attached hydrogen (secondary N) is 1. The molecule has 0 saturated carbocycles. The Labute approximate surface area is 106 Å². The molecule has 2 N–H and O–H groups in total. The van der Waals surface area contributed by atoms with Gasteiger partial charge in [0.15, 0.2) is 0 Å². The molecular weight excluding hydrogens is 232 g/mol. The molecule has 5 nitrogen and oxygen atoms in total.